The molecule has 0 aliphatic carbocycles. The molecule has 0 fully saturated rings. The van der Waals surface area contributed by atoms with E-state index in [-0.39, 0.29) is 27.1 Å². The average molecular weight is 572 g/mol. The number of halogens is 3. The Hall–Kier alpha value is -2.33. The average Bonchev–Trinajstić information content (AvgIpc) is 2.98. The minimum Gasteiger partial charge on any atom is -0.489 e. The van der Waals surface area contributed by atoms with Crippen molar-refractivity contribution in [3.63, 3.8) is 0 Å². The molecule has 11 heteroatoms. The van der Waals surface area contributed by atoms with Gasteiger partial charge in [0.15, 0.2) is 11.6 Å². The fraction of sp³-hybridized carbons (Fsp3) is 0.542. The molecule has 2 aliphatic heterocycles. The van der Waals surface area contributed by atoms with E-state index in [0.717, 1.165) is 6.42 Å². The standard InChI is InChI=1S/C24H29BrClFN4O4/c1-24(2,3)35-23(32)30(4)11-9-14-8-6-5-7-10-31-12-13-33-20-15-19(18(27)16(25)17(20)26)28-22(34-14)29-21(15)31/h5-6,14H,7-13H2,1-4H3/b6-5-. The monoisotopic (exact) mass is 570 g/mol. The number of ether oxygens (including phenoxy) is 3. The predicted octanol–water partition coefficient (Wildman–Crippen LogP) is 5.74. The van der Waals surface area contributed by atoms with Gasteiger partial charge in [0.25, 0.3) is 0 Å². The molecule has 2 aliphatic rings. The van der Waals surface area contributed by atoms with Crippen LogP contribution >= 0.6 is 27.5 Å². The maximum absolute atomic E-state index is 15.3. The van der Waals surface area contributed by atoms with Crippen molar-refractivity contribution in [3.8, 4) is 11.8 Å². The first kappa shape index (κ1) is 25.8. The summed E-state index contributed by atoms with van der Waals surface area (Å²) < 4.78 is 32.9. The normalized spacial score (nSPS) is 18.8. The molecule has 0 spiro atoms. The lowest BCUT2D eigenvalue weighted by Gasteiger charge is -2.26. The Balaban J connectivity index is 1.66. The zero-order valence-corrected chi connectivity index (χ0v) is 22.6. The molecule has 0 N–H and O–H groups in total. The van der Waals surface area contributed by atoms with Gasteiger partial charge in [-0.3, -0.25) is 0 Å². The molecule has 1 atom stereocenters. The number of nitrogens with zero attached hydrogens (tertiary/aromatic N) is 4. The molecule has 4 rings (SSSR count). The van der Waals surface area contributed by atoms with Crippen LogP contribution in [0.5, 0.6) is 11.8 Å². The second-order valence-corrected chi connectivity index (χ2v) is 10.8. The predicted molar refractivity (Wildman–Crippen MR) is 136 cm³/mol. The summed E-state index contributed by atoms with van der Waals surface area (Å²) in [5.74, 6) is 0.299. The van der Waals surface area contributed by atoms with E-state index in [0.29, 0.717) is 56.0 Å². The van der Waals surface area contributed by atoms with E-state index in [4.69, 9.17) is 25.8 Å². The SMILES string of the molecule is CN(CCC1C/C=C\CCN2CCOc3c(Cl)c(Br)c(F)c4nc(nc2c34)O1)C(=O)OC(C)(C)C. The molecule has 8 nitrogen and oxygen atoms in total. The number of carbonyl (C=O) groups excluding carboxylic acids is 1. The highest BCUT2D eigenvalue weighted by Crippen LogP contribution is 2.46. The number of amides is 1. The Morgan fingerprint density at radius 1 is 1.34 bits per heavy atom. The van der Waals surface area contributed by atoms with E-state index in [1.54, 1.807) is 7.05 Å². The van der Waals surface area contributed by atoms with Crippen molar-refractivity contribution in [3.05, 3.63) is 27.5 Å². The van der Waals surface area contributed by atoms with Crippen LogP contribution in [0.25, 0.3) is 10.9 Å². The maximum Gasteiger partial charge on any atom is 0.410 e. The zero-order chi connectivity index (χ0) is 25.3. The molecule has 0 saturated carbocycles. The molecule has 0 saturated heterocycles. The van der Waals surface area contributed by atoms with Crippen molar-refractivity contribution in [2.75, 3.05) is 38.2 Å². The van der Waals surface area contributed by atoms with Crippen LogP contribution in [0.2, 0.25) is 5.02 Å². The highest BCUT2D eigenvalue weighted by molar-refractivity contribution is 9.10. The molecule has 1 aromatic carbocycles. The first-order valence-electron chi connectivity index (χ1n) is 11.6. The topological polar surface area (TPSA) is 77.0 Å². The molecule has 1 unspecified atom stereocenters. The Morgan fingerprint density at radius 3 is 2.86 bits per heavy atom. The van der Waals surface area contributed by atoms with E-state index in [9.17, 15) is 4.79 Å². The largest absolute Gasteiger partial charge is 0.489 e. The van der Waals surface area contributed by atoms with Crippen molar-refractivity contribution < 1.29 is 23.4 Å². The molecule has 0 radical (unpaired) electrons. The van der Waals surface area contributed by atoms with E-state index in [1.807, 2.05) is 25.7 Å². The van der Waals surface area contributed by atoms with Gasteiger partial charge in [0.2, 0.25) is 0 Å². The van der Waals surface area contributed by atoms with Gasteiger partial charge in [-0.25, -0.2) is 9.18 Å². The molecular formula is C24H29BrClFN4O4. The van der Waals surface area contributed by atoms with Crippen LogP contribution < -0.4 is 14.4 Å². The van der Waals surface area contributed by atoms with Gasteiger partial charge < -0.3 is 24.0 Å². The summed E-state index contributed by atoms with van der Waals surface area (Å²) >= 11 is 9.63. The summed E-state index contributed by atoms with van der Waals surface area (Å²) in [6.45, 7) is 7.50. The molecule has 190 valence electrons. The highest BCUT2D eigenvalue weighted by Gasteiger charge is 2.29. The summed E-state index contributed by atoms with van der Waals surface area (Å²) in [4.78, 5) is 25.0. The third kappa shape index (κ3) is 5.74. The first-order chi connectivity index (χ1) is 16.5. The van der Waals surface area contributed by atoms with Crippen LogP contribution in [0, 0.1) is 5.82 Å². The van der Waals surface area contributed by atoms with Crippen molar-refractivity contribution in [1.29, 1.82) is 0 Å². The summed E-state index contributed by atoms with van der Waals surface area (Å²) in [5.41, 5.74) is -0.492. The van der Waals surface area contributed by atoms with Crippen LogP contribution in [-0.2, 0) is 4.74 Å². The number of aromatic nitrogens is 2. The van der Waals surface area contributed by atoms with E-state index >= 15 is 4.39 Å². The lowest BCUT2D eigenvalue weighted by Crippen LogP contribution is -2.36. The summed E-state index contributed by atoms with van der Waals surface area (Å²) in [7, 11) is 1.69. The third-order valence-electron chi connectivity index (χ3n) is 5.69. The van der Waals surface area contributed by atoms with E-state index < -0.39 is 17.5 Å². The molecule has 35 heavy (non-hydrogen) atoms. The number of hydrogen-bond donors (Lipinski definition) is 0. The van der Waals surface area contributed by atoms with Crippen LogP contribution in [0.15, 0.2) is 16.6 Å². The zero-order valence-electron chi connectivity index (χ0n) is 20.2. The number of hydrogen-bond acceptors (Lipinski definition) is 7. The van der Waals surface area contributed by atoms with Crippen molar-refractivity contribution in [1.82, 2.24) is 14.9 Å². The van der Waals surface area contributed by atoms with Gasteiger partial charge in [-0.15, -0.1) is 0 Å². The maximum atomic E-state index is 15.3. The van der Waals surface area contributed by atoms with E-state index in [1.165, 1.54) is 4.90 Å². The fourth-order valence-corrected chi connectivity index (χ4v) is 4.54. The second kappa shape index (κ2) is 10.3. The van der Waals surface area contributed by atoms with E-state index in [2.05, 4.69) is 38.0 Å². The molecule has 1 aromatic heterocycles. The Labute approximate surface area is 217 Å². The number of anilines is 1. The number of fused-ring (bicyclic) bond motifs is 1. The lowest BCUT2D eigenvalue weighted by molar-refractivity contribution is 0.0278. The Kier molecular flexibility index (Phi) is 7.61. The number of rotatable bonds is 3. The van der Waals surface area contributed by atoms with Gasteiger partial charge >= 0.3 is 12.1 Å². The lowest BCUT2D eigenvalue weighted by atomic mass is 10.1. The van der Waals surface area contributed by atoms with Gasteiger partial charge in [-0.1, -0.05) is 23.8 Å². The molecule has 3 heterocycles. The molecule has 1 amide bonds. The van der Waals surface area contributed by atoms with Gasteiger partial charge in [0.1, 0.15) is 34.7 Å². The van der Waals surface area contributed by atoms with Gasteiger partial charge in [-0.05, 0) is 43.1 Å². The molecule has 2 bridgehead atoms. The van der Waals surface area contributed by atoms with Gasteiger partial charge in [0.05, 0.1) is 16.4 Å². The minimum absolute atomic E-state index is 0.0682. The number of carbonyl (C=O) groups is 1. The van der Waals surface area contributed by atoms with Crippen LogP contribution in [-0.4, -0.2) is 66.0 Å². The summed E-state index contributed by atoms with van der Waals surface area (Å²) in [6.07, 6.45) is 5.30. The minimum atomic E-state index is -0.595. The third-order valence-corrected chi connectivity index (χ3v) is 7.02. The summed E-state index contributed by atoms with van der Waals surface area (Å²) in [6, 6.07) is 0.0682. The highest BCUT2D eigenvalue weighted by atomic mass is 79.9. The van der Waals surface area contributed by atoms with Crippen LogP contribution in [0.1, 0.15) is 40.0 Å². The smallest absolute Gasteiger partial charge is 0.410 e. The van der Waals surface area contributed by atoms with Gasteiger partial charge in [0, 0.05) is 33.0 Å². The summed E-state index contributed by atoms with van der Waals surface area (Å²) in [5, 5.41) is 0.590. The molecule has 2 aromatic rings. The van der Waals surface area contributed by atoms with Crippen LogP contribution in [0.3, 0.4) is 0 Å². The Bertz CT molecular complexity index is 1160. The van der Waals surface area contributed by atoms with Crippen LogP contribution in [0.4, 0.5) is 15.0 Å². The van der Waals surface area contributed by atoms with Crippen molar-refractivity contribution in [2.45, 2.75) is 51.7 Å². The van der Waals surface area contributed by atoms with Gasteiger partial charge in [-0.2, -0.15) is 9.97 Å². The fourth-order valence-electron chi connectivity index (χ4n) is 3.94. The quantitative estimate of drug-likeness (QED) is 0.344. The number of benzene rings is 1. The van der Waals surface area contributed by atoms with Crippen molar-refractivity contribution in [2.24, 2.45) is 0 Å². The second-order valence-electron chi connectivity index (χ2n) is 9.59. The first-order valence-corrected chi connectivity index (χ1v) is 12.7. The molecular weight excluding hydrogens is 543 g/mol. The Morgan fingerprint density at radius 2 is 2.11 bits per heavy atom. The van der Waals surface area contributed by atoms with Crippen molar-refractivity contribution >= 4 is 50.3 Å².